The molecule has 0 aliphatic carbocycles. The molecule has 122 valence electrons. The van der Waals surface area contributed by atoms with E-state index in [-0.39, 0.29) is 11.4 Å². The first-order valence-electron chi connectivity index (χ1n) is 7.54. The molecule has 22 heavy (non-hydrogen) atoms. The van der Waals surface area contributed by atoms with Crippen LogP contribution in [0.2, 0.25) is 0 Å². The molecule has 1 fully saturated rings. The van der Waals surface area contributed by atoms with E-state index < -0.39 is 0 Å². The molecular formula is C16H23NO4S. The van der Waals surface area contributed by atoms with Crippen molar-refractivity contribution in [3.8, 4) is 5.75 Å². The number of nitrogens with zero attached hydrogens (tertiary/aromatic N) is 1. The highest BCUT2D eigenvalue weighted by Gasteiger charge is 2.40. The summed E-state index contributed by atoms with van der Waals surface area (Å²) < 4.78 is 16.0. The van der Waals surface area contributed by atoms with Crippen LogP contribution in [0.15, 0.2) is 24.5 Å². The molecular weight excluding hydrogens is 302 g/mol. The lowest BCUT2D eigenvalue weighted by molar-refractivity contribution is -0.156. The molecule has 0 radical (unpaired) electrons. The summed E-state index contributed by atoms with van der Waals surface area (Å²) in [7, 11) is 1.46. The summed E-state index contributed by atoms with van der Waals surface area (Å²) in [5.74, 6) is 2.44. The molecule has 0 atom stereocenters. The standard InChI is InChI=1S/C16H23NO4S/c1-19-15(18)16(5-9-20-10-6-16)13-22-11-3-8-21-14-4-2-7-17-12-14/h2,4,7,12H,3,5-6,8-11,13H2,1H3. The Hall–Kier alpha value is -1.27. The van der Waals surface area contributed by atoms with E-state index in [1.54, 1.807) is 24.2 Å². The van der Waals surface area contributed by atoms with Crippen LogP contribution in [-0.4, -0.2) is 49.4 Å². The van der Waals surface area contributed by atoms with E-state index >= 15 is 0 Å². The molecule has 0 N–H and O–H groups in total. The number of esters is 1. The summed E-state index contributed by atoms with van der Waals surface area (Å²) in [5, 5.41) is 0. The van der Waals surface area contributed by atoms with Gasteiger partial charge >= 0.3 is 5.97 Å². The number of ether oxygens (including phenoxy) is 3. The summed E-state index contributed by atoms with van der Waals surface area (Å²) in [6.45, 7) is 1.94. The molecule has 1 aromatic rings. The summed E-state index contributed by atoms with van der Waals surface area (Å²) in [6, 6.07) is 3.75. The van der Waals surface area contributed by atoms with Crippen molar-refractivity contribution in [2.45, 2.75) is 19.3 Å². The molecule has 0 unspecified atom stereocenters. The summed E-state index contributed by atoms with van der Waals surface area (Å²) in [6.07, 6.45) is 5.87. The SMILES string of the molecule is COC(=O)C1(CSCCCOc2cccnc2)CCOCC1. The minimum Gasteiger partial charge on any atom is -0.492 e. The number of hydrogen-bond acceptors (Lipinski definition) is 6. The zero-order valence-electron chi connectivity index (χ0n) is 13.0. The number of pyridine rings is 1. The Morgan fingerprint density at radius 1 is 1.45 bits per heavy atom. The molecule has 1 aliphatic heterocycles. The minimum atomic E-state index is -0.373. The molecule has 0 aromatic carbocycles. The van der Waals surface area contributed by atoms with Crippen molar-refractivity contribution in [3.63, 3.8) is 0 Å². The minimum absolute atomic E-state index is 0.102. The molecule has 6 heteroatoms. The molecule has 1 aromatic heterocycles. The maximum atomic E-state index is 12.1. The van der Waals surface area contributed by atoms with Gasteiger partial charge in [-0.2, -0.15) is 11.8 Å². The van der Waals surface area contributed by atoms with Gasteiger partial charge in [0.1, 0.15) is 5.75 Å². The number of carbonyl (C=O) groups excluding carboxylic acids is 1. The van der Waals surface area contributed by atoms with Crippen LogP contribution in [-0.2, 0) is 14.3 Å². The van der Waals surface area contributed by atoms with E-state index in [1.807, 2.05) is 12.1 Å². The fourth-order valence-electron chi connectivity index (χ4n) is 2.44. The molecule has 1 aliphatic rings. The first-order chi connectivity index (χ1) is 10.8. The second-order valence-corrected chi connectivity index (χ2v) is 6.43. The van der Waals surface area contributed by atoms with Gasteiger partial charge in [-0.3, -0.25) is 9.78 Å². The van der Waals surface area contributed by atoms with Crippen LogP contribution < -0.4 is 4.74 Å². The largest absolute Gasteiger partial charge is 0.492 e. The van der Waals surface area contributed by atoms with Gasteiger partial charge < -0.3 is 14.2 Å². The lowest BCUT2D eigenvalue weighted by atomic mass is 9.82. The van der Waals surface area contributed by atoms with Crippen LogP contribution in [0.5, 0.6) is 5.75 Å². The highest BCUT2D eigenvalue weighted by molar-refractivity contribution is 7.99. The topological polar surface area (TPSA) is 57.7 Å². The Kier molecular flexibility index (Phi) is 6.99. The quantitative estimate of drug-likeness (QED) is 0.541. The Morgan fingerprint density at radius 3 is 2.95 bits per heavy atom. The summed E-state index contributed by atoms with van der Waals surface area (Å²) in [5.41, 5.74) is -0.373. The van der Waals surface area contributed by atoms with Gasteiger partial charge in [-0.05, 0) is 37.1 Å². The monoisotopic (exact) mass is 325 g/mol. The maximum absolute atomic E-state index is 12.1. The third-order valence-corrected chi connectivity index (χ3v) is 5.12. The van der Waals surface area contributed by atoms with Crippen molar-refractivity contribution in [2.24, 2.45) is 5.41 Å². The van der Waals surface area contributed by atoms with Gasteiger partial charge in [0, 0.05) is 25.2 Å². The second kappa shape index (κ2) is 9.00. The Morgan fingerprint density at radius 2 is 2.27 bits per heavy atom. The predicted molar refractivity (Wildman–Crippen MR) is 86.2 cm³/mol. The van der Waals surface area contributed by atoms with E-state index in [9.17, 15) is 4.79 Å². The van der Waals surface area contributed by atoms with Gasteiger partial charge in [0.15, 0.2) is 0 Å². The Balaban J connectivity index is 1.66. The number of hydrogen-bond donors (Lipinski definition) is 0. The molecule has 2 rings (SSSR count). The van der Waals surface area contributed by atoms with Gasteiger partial charge in [-0.25, -0.2) is 0 Å². The number of rotatable bonds is 8. The lowest BCUT2D eigenvalue weighted by Gasteiger charge is -2.34. The smallest absolute Gasteiger partial charge is 0.312 e. The van der Waals surface area contributed by atoms with Crippen LogP contribution >= 0.6 is 11.8 Å². The van der Waals surface area contributed by atoms with E-state index in [0.717, 1.165) is 36.5 Å². The van der Waals surface area contributed by atoms with Crippen LogP contribution in [0, 0.1) is 5.41 Å². The average molecular weight is 325 g/mol. The summed E-state index contributed by atoms with van der Waals surface area (Å²) >= 11 is 1.79. The van der Waals surface area contributed by atoms with Gasteiger partial charge in [0.25, 0.3) is 0 Å². The average Bonchev–Trinajstić information content (AvgIpc) is 2.59. The van der Waals surface area contributed by atoms with Gasteiger partial charge in [0.2, 0.25) is 0 Å². The first-order valence-corrected chi connectivity index (χ1v) is 8.69. The Bertz CT molecular complexity index is 449. The lowest BCUT2D eigenvalue weighted by Crippen LogP contribution is -2.40. The Labute approximate surface area is 135 Å². The molecule has 0 spiro atoms. The van der Waals surface area contributed by atoms with Gasteiger partial charge in [-0.15, -0.1) is 0 Å². The number of methoxy groups -OCH3 is 1. The maximum Gasteiger partial charge on any atom is 0.312 e. The van der Waals surface area contributed by atoms with E-state index in [4.69, 9.17) is 14.2 Å². The highest BCUT2D eigenvalue weighted by atomic mass is 32.2. The molecule has 5 nitrogen and oxygen atoms in total. The van der Waals surface area contributed by atoms with Crippen molar-refractivity contribution in [3.05, 3.63) is 24.5 Å². The highest BCUT2D eigenvalue weighted by Crippen LogP contribution is 2.35. The molecule has 0 bridgehead atoms. The molecule has 1 saturated heterocycles. The van der Waals surface area contributed by atoms with Crippen LogP contribution in [0.3, 0.4) is 0 Å². The van der Waals surface area contributed by atoms with Gasteiger partial charge in [0.05, 0.1) is 25.3 Å². The first kappa shape index (κ1) is 17.1. The molecule has 0 saturated carbocycles. The van der Waals surface area contributed by atoms with E-state index in [0.29, 0.717) is 19.8 Å². The number of carbonyl (C=O) groups is 1. The van der Waals surface area contributed by atoms with Crippen molar-refractivity contribution in [1.29, 1.82) is 0 Å². The fraction of sp³-hybridized carbons (Fsp3) is 0.625. The van der Waals surface area contributed by atoms with Crippen molar-refractivity contribution in [2.75, 3.05) is 38.4 Å². The van der Waals surface area contributed by atoms with Crippen molar-refractivity contribution in [1.82, 2.24) is 4.98 Å². The van der Waals surface area contributed by atoms with Gasteiger partial charge in [-0.1, -0.05) is 0 Å². The fourth-order valence-corrected chi connectivity index (χ4v) is 3.70. The van der Waals surface area contributed by atoms with Crippen molar-refractivity contribution < 1.29 is 19.0 Å². The van der Waals surface area contributed by atoms with Crippen LogP contribution in [0.25, 0.3) is 0 Å². The normalized spacial score (nSPS) is 17.0. The van der Waals surface area contributed by atoms with E-state index in [1.165, 1.54) is 7.11 Å². The van der Waals surface area contributed by atoms with E-state index in [2.05, 4.69) is 4.98 Å². The zero-order chi connectivity index (χ0) is 15.7. The predicted octanol–water partition coefficient (Wildman–Crippen LogP) is 2.55. The second-order valence-electron chi connectivity index (χ2n) is 5.33. The third-order valence-electron chi connectivity index (χ3n) is 3.78. The van der Waals surface area contributed by atoms with Crippen LogP contribution in [0.1, 0.15) is 19.3 Å². The number of aromatic nitrogens is 1. The number of thioether (sulfide) groups is 1. The zero-order valence-corrected chi connectivity index (χ0v) is 13.8. The summed E-state index contributed by atoms with van der Waals surface area (Å²) in [4.78, 5) is 16.1. The molecule has 0 amide bonds. The molecule has 2 heterocycles. The third kappa shape index (κ3) is 4.88. The van der Waals surface area contributed by atoms with Crippen molar-refractivity contribution >= 4 is 17.7 Å². The van der Waals surface area contributed by atoms with Crippen LogP contribution in [0.4, 0.5) is 0 Å².